The van der Waals surface area contributed by atoms with Crippen molar-refractivity contribution in [3.8, 4) is 11.5 Å². The van der Waals surface area contributed by atoms with E-state index in [1.54, 1.807) is 6.07 Å². The molecule has 0 bridgehead atoms. The molecule has 1 aliphatic heterocycles. The van der Waals surface area contributed by atoms with E-state index < -0.39 is 5.63 Å². The molecule has 98 valence electrons. The van der Waals surface area contributed by atoms with Gasteiger partial charge in [0.15, 0.2) is 0 Å². The van der Waals surface area contributed by atoms with Crippen LogP contribution in [-0.2, 0) is 0 Å². The highest BCUT2D eigenvalue weighted by atomic mass is 16.5. The largest absolute Gasteiger partial charge is 0.490 e. The van der Waals surface area contributed by atoms with E-state index >= 15 is 0 Å². The third-order valence-electron chi connectivity index (χ3n) is 3.11. The fraction of sp³-hybridized carbons (Fsp3) is 0.267. The van der Waals surface area contributed by atoms with Gasteiger partial charge in [-0.05, 0) is 44.2 Å². The Morgan fingerprint density at radius 2 is 2.05 bits per heavy atom. The van der Waals surface area contributed by atoms with Gasteiger partial charge in [0.2, 0.25) is 5.75 Å². The van der Waals surface area contributed by atoms with Crippen molar-refractivity contribution >= 4 is 17.0 Å². The molecular weight excluding hydrogens is 244 g/mol. The molecule has 0 radical (unpaired) electrons. The first-order chi connectivity index (χ1) is 9.00. The molecule has 0 N–H and O–H groups in total. The quantitative estimate of drug-likeness (QED) is 0.738. The van der Waals surface area contributed by atoms with Crippen molar-refractivity contribution in [3.63, 3.8) is 0 Å². The maximum Gasteiger partial charge on any atom is 0.379 e. The summed E-state index contributed by atoms with van der Waals surface area (Å²) >= 11 is 0. The first-order valence-electron chi connectivity index (χ1n) is 6.03. The zero-order valence-electron chi connectivity index (χ0n) is 11.0. The van der Waals surface area contributed by atoms with E-state index in [-0.39, 0.29) is 11.4 Å². The Balaban J connectivity index is 2.29. The molecule has 0 amide bonds. The SMILES string of the molecule is COc1cc2ccc3c(c2oc1=O)C=CC(C)(C)O3. The van der Waals surface area contributed by atoms with E-state index in [0.717, 1.165) is 10.9 Å². The monoisotopic (exact) mass is 258 g/mol. The number of rotatable bonds is 1. The molecule has 0 fully saturated rings. The van der Waals surface area contributed by atoms with Crippen LogP contribution in [0.3, 0.4) is 0 Å². The van der Waals surface area contributed by atoms with Gasteiger partial charge in [-0.2, -0.15) is 0 Å². The summed E-state index contributed by atoms with van der Waals surface area (Å²) in [4.78, 5) is 11.7. The molecule has 2 heterocycles. The number of fused-ring (bicyclic) bond motifs is 3. The Morgan fingerprint density at radius 3 is 2.79 bits per heavy atom. The van der Waals surface area contributed by atoms with Crippen LogP contribution in [0, 0.1) is 0 Å². The number of benzene rings is 1. The molecule has 4 nitrogen and oxygen atoms in total. The first kappa shape index (κ1) is 11.8. The van der Waals surface area contributed by atoms with E-state index in [1.165, 1.54) is 7.11 Å². The molecule has 0 atom stereocenters. The van der Waals surface area contributed by atoms with Crippen molar-refractivity contribution in [1.82, 2.24) is 0 Å². The van der Waals surface area contributed by atoms with Crippen LogP contribution in [0.4, 0.5) is 0 Å². The Morgan fingerprint density at radius 1 is 1.26 bits per heavy atom. The van der Waals surface area contributed by atoms with Crippen molar-refractivity contribution in [2.45, 2.75) is 19.4 Å². The van der Waals surface area contributed by atoms with Gasteiger partial charge in [-0.25, -0.2) is 4.79 Å². The minimum absolute atomic E-state index is 0.202. The molecule has 1 aromatic carbocycles. The second-order valence-electron chi connectivity index (χ2n) is 5.04. The van der Waals surface area contributed by atoms with Crippen LogP contribution in [0.25, 0.3) is 17.0 Å². The number of hydrogen-bond acceptors (Lipinski definition) is 4. The van der Waals surface area contributed by atoms with Gasteiger partial charge in [-0.15, -0.1) is 0 Å². The fourth-order valence-corrected chi connectivity index (χ4v) is 2.16. The molecule has 3 rings (SSSR count). The Hall–Kier alpha value is -2.23. The number of methoxy groups -OCH3 is 1. The molecule has 19 heavy (non-hydrogen) atoms. The molecule has 0 aliphatic carbocycles. The summed E-state index contributed by atoms with van der Waals surface area (Å²) in [5.74, 6) is 0.918. The van der Waals surface area contributed by atoms with Crippen molar-refractivity contribution < 1.29 is 13.9 Å². The minimum Gasteiger partial charge on any atom is -0.490 e. The normalized spacial score (nSPS) is 15.9. The molecule has 2 aromatic rings. The van der Waals surface area contributed by atoms with Gasteiger partial charge < -0.3 is 13.9 Å². The smallest absolute Gasteiger partial charge is 0.379 e. The van der Waals surface area contributed by atoms with E-state index in [9.17, 15) is 4.79 Å². The molecular formula is C15H14O4. The lowest BCUT2D eigenvalue weighted by atomic mass is 10.0. The molecule has 0 saturated heterocycles. The van der Waals surface area contributed by atoms with Gasteiger partial charge in [-0.1, -0.05) is 0 Å². The van der Waals surface area contributed by atoms with Crippen molar-refractivity contribution in [1.29, 1.82) is 0 Å². The molecule has 0 unspecified atom stereocenters. The molecule has 1 aromatic heterocycles. The first-order valence-corrected chi connectivity index (χ1v) is 6.03. The highest BCUT2D eigenvalue weighted by Gasteiger charge is 2.24. The van der Waals surface area contributed by atoms with E-state index in [0.29, 0.717) is 11.3 Å². The van der Waals surface area contributed by atoms with Crippen LogP contribution < -0.4 is 15.1 Å². The van der Waals surface area contributed by atoms with Gasteiger partial charge >= 0.3 is 5.63 Å². The average molecular weight is 258 g/mol. The van der Waals surface area contributed by atoms with Crippen LogP contribution in [-0.4, -0.2) is 12.7 Å². The molecule has 4 heteroatoms. The Kier molecular flexibility index (Phi) is 2.42. The van der Waals surface area contributed by atoms with Gasteiger partial charge in [0, 0.05) is 5.39 Å². The third kappa shape index (κ3) is 1.89. The molecule has 0 saturated carbocycles. The van der Waals surface area contributed by atoms with Crippen LogP contribution in [0.1, 0.15) is 19.4 Å². The van der Waals surface area contributed by atoms with Gasteiger partial charge in [-0.3, -0.25) is 0 Å². The van der Waals surface area contributed by atoms with Crippen LogP contribution in [0.15, 0.2) is 33.5 Å². The summed E-state index contributed by atoms with van der Waals surface area (Å²) in [6, 6.07) is 5.41. The van der Waals surface area contributed by atoms with E-state index in [1.807, 2.05) is 38.1 Å². The van der Waals surface area contributed by atoms with Crippen molar-refractivity contribution in [2.24, 2.45) is 0 Å². The summed E-state index contributed by atoms with van der Waals surface area (Å²) in [7, 11) is 1.45. The topological polar surface area (TPSA) is 48.7 Å². The lowest BCUT2D eigenvalue weighted by Crippen LogP contribution is -2.27. The van der Waals surface area contributed by atoms with Crippen LogP contribution in [0.2, 0.25) is 0 Å². The molecule has 0 spiro atoms. The number of ether oxygens (including phenoxy) is 2. The van der Waals surface area contributed by atoms with Gasteiger partial charge in [0.05, 0.1) is 12.7 Å². The van der Waals surface area contributed by atoms with Gasteiger partial charge in [0.25, 0.3) is 0 Å². The zero-order valence-corrected chi connectivity index (χ0v) is 11.0. The van der Waals surface area contributed by atoms with E-state index in [4.69, 9.17) is 13.9 Å². The van der Waals surface area contributed by atoms with Crippen LogP contribution >= 0.6 is 0 Å². The highest BCUT2D eigenvalue weighted by Crippen LogP contribution is 2.36. The van der Waals surface area contributed by atoms with E-state index in [2.05, 4.69) is 0 Å². The summed E-state index contributed by atoms with van der Waals surface area (Å²) in [5.41, 5.74) is 0.473. The standard InChI is InChI=1S/C15H14O4/c1-15(2)7-6-10-11(19-15)5-4-9-8-12(17-3)14(16)18-13(9)10/h4-8H,1-3H3. The Labute approximate surface area is 110 Å². The van der Waals surface area contributed by atoms with Gasteiger partial charge in [0.1, 0.15) is 16.9 Å². The lowest BCUT2D eigenvalue weighted by molar-refractivity contribution is 0.159. The second-order valence-corrected chi connectivity index (χ2v) is 5.04. The highest BCUT2D eigenvalue weighted by molar-refractivity contribution is 5.89. The average Bonchev–Trinajstić information content (AvgIpc) is 2.36. The summed E-state index contributed by atoms with van der Waals surface area (Å²) in [5, 5.41) is 0.808. The maximum absolute atomic E-state index is 11.7. The Bertz CT molecular complexity index is 738. The van der Waals surface area contributed by atoms with Crippen molar-refractivity contribution in [2.75, 3.05) is 7.11 Å². The fourth-order valence-electron chi connectivity index (χ4n) is 2.16. The van der Waals surface area contributed by atoms with Crippen molar-refractivity contribution in [3.05, 3.63) is 40.3 Å². The second kappa shape index (κ2) is 3.88. The predicted octanol–water partition coefficient (Wildman–Crippen LogP) is 2.99. The molecule has 1 aliphatic rings. The van der Waals surface area contributed by atoms with Crippen LogP contribution in [0.5, 0.6) is 11.5 Å². The lowest BCUT2D eigenvalue weighted by Gasteiger charge is -2.27. The number of hydrogen-bond donors (Lipinski definition) is 0. The minimum atomic E-state index is -0.485. The summed E-state index contributed by atoms with van der Waals surface area (Å²) < 4.78 is 16.2. The third-order valence-corrected chi connectivity index (χ3v) is 3.11. The maximum atomic E-state index is 11.7. The predicted molar refractivity (Wildman–Crippen MR) is 72.8 cm³/mol. The summed E-state index contributed by atoms with van der Waals surface area (Å²) in [6.07, 6.45) is 3.87. The zero-order chi connectivity index (χ0) is 13.6. The summed E-state index contributed by atoms with van der Waals surface area (Å²) in [6.45, 7) is 3.95.